The minimum atomic E-state index is -1.52. The highest BCUT2D eigenvalue weighted by atomic mass is 16.7. The largest absolute Gasteiger partial charge is 0.477 e. The van der Waals surface area contributed by atoms with Crippen LogP contribution in [0.25, 0.3) is 0 Å². The topological polar surface area (TPSA) is 108 Å². The van der Waals surface area contributed by atoms with Crippen LogP contribution in [0.2, 0.25) is 0 Å². The molecular weight excluding hydrogens is 1150 g/mol. The fourth-order valence-corrected chi connectivity index (χ4v) is 10.4. The number of nitrogens with zero attached hydrogens (tertiary/aromatic N) is 1. The van der Waals surface area contributed by atoms with E-state index in [0.29, 0.717) is 17.4 Å². The van der Waals surface area contributed by atoms with Crippen LogP contribution in [0.15, 0.2) is 146 Å². The molecule has 0 aromatic heterocycles. The average molecular weight is 1290 g/mol. The summed E-state index contributed by atoms with van der Waals surface area (Å²) in [6.45, 7) is 4.66. The number of aliphatic carboxylic acids is 1. The zero-order valence-electron chi connectivity index (χ0n) is 60.6. The molecule has 0 heterocycles. The van der Waals surface area contributed by atoms with E-state index >= 15 is 0 Å². The number of hydrogen-bond donors (Lipinski definition) is 1. The molecule has 0 saturated heterocycles. The number of quaternary nitrogens is 1. The van der Waals surface area contributed by atoms with E-state index in [1.807, 2.05) is 21.1 Å². The van der Waals surface area contributed by atoms with E-state index in [9.17, 15) is 19.5 Å². The Balaban J connectivity index is 4.07. The lowest BCUT2D eigenvalue weighted by Gasteiger charge is -2.25. The number of carboxylic acid groups (broad SMARTS) is 1. The molecule has 0 radical (unpaired) electrons. The second-order valence-corrected chi connectivity index (χ2v) is 26.2. The highest BCUT2D eigenvalue weighted by Gasteiger charge is 2.25. The Bertz CT molecular complexity index is 2040. The monoisotopic (exact) mass is 1290 g/mol. The van der Waals surface area contributed by atoms with Crippen molar-refractivity contribution in [3.8, 4) is 0 Å². The highest BCUT2D eigenvalue weighted by Crippen LogP contribution is 2.18. The predicted molar refractivity (Wildman–Crippen MR) is 400 cm³/mol. The van der Waals surface area contributed by atoms with Crippen molar-refractivity contribution in [3.05, 3.63) is 146 Å². The van der Waals surface area contributed by atoms with E-state index in [0.717, 1.165) is 122 Å². The highest BCUT2D eigenvalue weighted by molar-refractivity contribution is 5.71. The first-order valence-electron chi connectivity index (χ1n) is 38.0. The summed E-state index contributed by atoms with van der Waals surface area (Å²) in [5, 5.41) is 9.77. The molecule has 0 fully saturated rings. The summed E-state index contributed by atoms with van der Waals surface area (Å²) in [6, 6.07) is 0. The summed E-state index contributed by atoms with van der Waals surface area (Å²) in [7, 11) is 5.98. The summed E-state index contributed by atoms with van der Waals surface area (Å²) in [5.74, 6) is -2.01. The molecule has 530 valence electrons. The van der Waals surface area contributed by atoms with Crippen LogP contribution in [0.4, 0.5) is 0 Å². The van der Waals surface area contributed by atoms with Crippen molar-refractivity contribution in [3.63, 3.8) is 0 Å². The molecule has 9 heteroatoms. The number of esters is 2. The molecule has 2 atom stereocenters. The average Bonchev–Trinajstić information content (AvgIpc) is 3.38. The van der Waals surface area contributed by atoms with Crippen LogP contribution < -0.4 is 0 Å². The molecule has 0 spiro atoms. The summed E-state index contributed by atoms with van der Waals surface area (Å²) in [6.07, 6.45) is 104. The molecule has 0 aromatic carbocycles. The summed E-state index contributed by atoms with van der Waals surface area (Å²) >= 11 is 0. The number of carbonyl (C=O) groups is 3. The number of ether oxygens (including phenoxy) is 4. The van der Waals surface area contributed by atoms with Gasteiger partial charge in [-0.25, -0.2) is 4.79 Å². The number of hydrogen-bond acceptors (Lipinski definition) is 7. The third kappa shape index (κ3) is 74.4. The zero-order valence-corrected chi connectivity index (χ0v) is 60.6. The molecule has 93 heavy (non-hydrogen) atoms. The Kier molecular flexibility index (Phi) is 69.2. The van der Waals surface area contributed by atoms with Crippen LogP contribution in [0.1, 0.15) is 309 Å². The molecule has 0 bridgehead atoms. The zero-order chi connectivity index (χ0) is 67.5. The Morgan fingerprint density at radius 3 is 0.860 bits per heavy atom. The Labute approximate surface area is 572 Å². The van der Waals surface area contributed by atoms with Crippen LogP contribution in [-0.4, -0.2) is 87.4 Å². The summed E-state index contributed by atoms with van der Waals surface area (Å²) in [5.41, 5.74) is 0. The second kappa shape index (κ2) is 73.0. The molecule has 2 unspecified atom stereocenters. The van der Waals surface area contributed by atoms with Gasteiger partial charge in [0, 0.05) is 12.8 Å². The van der Waals surface area contributed by atoms with Gasteiger partial charge in [-0.15, -0.1) is 0 Å². The fraction of sp³-hybridized carbons (Fsp3) is 0.679. The first kappa shape index (κ1) is 88.2. The van der Waals surface area contributed by atoms with Crippen molar-refractivity contribution in [2.24, 2.45) is 0 Å². The van der Waals surface area contributed by atoms with Crippen LogP contribution in [0, 0.1) is 0 Å². The van der Waals surface area contributed by atoms with E-state index in [-0.39, 0.29) is 32.2 Å². The van der Waals surface area contributed by atoms with Crippen molar-refractivity contribution in [2.45, 2.75) is 322 Å². The van der Waals surface area contributed by atoms with Gasteiger partial charge < -0.3 is 28.5 Å². The van der Waals surface area contributed by atoms with Crippen LogP contribution in [0.3, 0.4) is 0 Å². The number of carboxylic acids is 1. The maximum absolute atomic E-state index is 13.0. The fourth-order valence-electron chi connectivity index (χ4n) is 10.4. The Hall–Kier alpha value is -4.83. The van der Waals surface area contributed by atoms with Gasteiger partial charge in [0.2, 0.25) is 0 Å². The summed E-state index contributed by atoms with van der Waals surface area (Å²) in [4.78, 5) is 37.7. The van der Waals surface area contributed by atoms with Gasteiger partial charge in [-0.1, -0.05) is 327 Å². The van der Waals surface area contributed by atoms with E-state index in [1.165, 1.54) is 161 Å². The van der Waals surface area contributed by atoms with Crippen molar-refractivity contribution in [2.75, 3.05) is 47.5 Å². The maximum Gasteiger partial charge on any atom is 0.361 e. The molecule has 9 nitrogen and oxygen atoms in total. The molecular formula is C84H142NO8+. The first-order chi connectivity index (χ1) is 45.6. The van der Waals surface area contributed by atoms with Gasteiger partial charge in [0.15, 0.2) is 6.10 Å². The SMILES string of the molecule is CC/C=C\C/C=C\C/C=C\C/C=C\C/C=C\C/C=C\CCCCCCCCCCCCCCCCCCCCCCC(=O)OC(COC(=O)CCCCCCCCCCCC/C=C\C/C=C\C/C=C\C/C=C\C/C=C\C/C=C\CC)COC(OCC[N+](C)(C)C)C(=O)O. The number of likely N-dealkylation sites (N-methyl/N-ethyl adjacent to an activating group) is 1. The van der Waals surface area contributed by atoms with Crippen LogP contribution >= 0.6 is 0 Å². The normalized spacial score (nSPS) is 13.5. The lowest BCUT2D eigenvalue weighted by Crippen LogP contribution is -2.40. The molecule has 1 N–H and O–H groups in total. The van der Waals surface area contributed by atoms with Crippen molar-refractivity contribution < 1.29 is 42.9 Å². The smallest absolute Gasteiger partial charge is 0.361 e. The molecule has 0 aliphatic carbocycles. The van der Waals surface area contributed by atoms with Crippen LogP contribution in [0.5, 0.6) is 0 Å². The third-order valence-corrected chi connectivity index (χ3v) is 16.1. The number of allylic oxidation sites excluding steroid dienone is 24. The van der Waals surface area contributed by atoms with E-state index in [1.54, 1.807) is 0 Å². The third-order valence-electron chi connectivity index (χ3n) is 16.1. The van der Waals surface area contributed by atoms with Gasteiger partial charge in [-0.05, 0) is 116 Å². The minimum Gasteiger partial charge on any atom is -0.477 e. The first-order valence-corrected chi connectivity index (χ1v) is 38.0. The number of rotatable bonds is 69. The van der Waals surface area contributed by atoms with Crippen molar-refractivity contribution in [1.82, 2.24) is 0 Å². The molecule has 0 aromatic rings. The number of unbranched alkanes of at least 4 members (excludes halogenated alkanes) is 30. The molecule has 0 aliphatic rings. The lowest BCUT2D eigenvalue weighted by molar-refractivity contribution is -0.870. The van der Waals surface area contributed by atoms with E-state index in [4.69, 9.17) is 18.9 Å². The molecule has 0 amide bonds. The second-order valence-electron chi connectivity index (χ2n) is 26.2. The quantitative estimate of drug-likeness (QED) is 0.0211. The Morgan fingerprint density at radius 1 is 0.323 bits per heavy atom. The van der Waals surface area contributed by atoms with Crippen LogP contribution in [-0.2, 0) is 33.3 Å². The molecule has 0 rings (SSSR count). The van der Waals surface area contributed by atoms with Crippen molar-refractivity contribution in [1.29, 1.82) is 0 Å². The minimum absolute atomic E-state index is 0.182. The van der Waals surface area contributed by atoms with Gasteiger partial charge in [-0.3, -0.25) is 9.59 Å². The van der Waals surface area contributed by atoms with E-state index in [2.05, 4.69) is 160 Å². The van der Waals surface area contributed by atoms with Crippen molar-refractivity contribution >= 4 is 17.9 Å². The molecule has 0 saturated carbocycles. The van der Waals surface area contributed by atoms with Gasteiger partial charge in [0.05, 0.1) is 34.4 Å². The Morgan fingerprint density at radius 2 is 0.581 bits per heavy atom. The van der Waals surface area contributed by atoms with Gasteiger partial charge in [-0.2, -0.15) is 0 Å². The maximum atomic E-state index is 13.0. The predicted octanol–water partition coefficient (Wildman–Crippen LogP) is 24.3. The van der Waals surface area contributed by atoms with Gasteiger partial charge in [0.1, 0.15) is 13.2 Å². The van der Waals surface area contributed by atoms with E-state index < -0.39 is 24.3 Å². The van der Waals surface area contributed by atoms with Gasteiger partial charge >= 0.3 is 17.9 Å². The number of carbonyl (C=O) groups excluding carboxylic acids is 2. The molecule has 0 aliphatic heterocycles. The lowest BCUT2D eigenvalue weighted by atomic mass is 10.0. The summed E-state index contributed by atoms with van der Waals surface area (Å²) < 4.78 is 23.0. The van der Waals surface area contributed by atoms with Gasteiger partial charge in [0.25, 0.3) is 6.29 Å². The standard InChI is InChI=1S/C84H141NO8/c1-6-8-10-12-14-16-18-20-22-24-26-28-30-32-34-36-37-38-39-40-41-42-43-44-45-47-49-51-53-55-57-59-61-63-65-67-69-71-73-75-82(87)93-80(79-92-84(83(88)89)90-77-76-85(3,4)5)78-91-81(86)74-72-70-68-66-64-62-60-58-56-54-52-50-48-46-35-33-31-29-27-25-23-21-19-17-15-13-11-9-7-2/h8-11,14-17,20-23,26-29,32-35,37-38,48,50,80,84H,6-7,12-13,18-19,24-25,30-31,36,39-47,49,51-79H2,1-5H3/p+1/b10-8-,11-9-,16-14-,17-15-,22-20-,23-21-,28-26-,29-27-,34-32-,35-33-,38-37-,50-48-.